The molecule has 0 aliphatic rings. The molecule has 1 rings (SSSR count). The van der Waals surface area contributed by atoms with Crippen LogP contribution in [-0.2, 0) is 11.3 Å². The summed E-state index contributed by atoms with van der Waals surface area (Å²) in [6.45, 7) is 6.45. The predicted octanol–water partition coefficient (Wildman–Crippen LogP) is 0.527. The number of likely N-dealkylation sites (N-methyl/N-ethyl adjacent to an activating group) is 1. The zero-order valence-corrected chi connectivity index (χ0v) is 12.2. The third kappa shape index (κ3) is 4.62. The second-order valence-electron chi connectivity index (χ2n) is 4.80. The van der Waals surface area contributed by atoms with Crippen LogP contribution >= 0.6 is 0 Å². The van der Waals surface area contributed by atoms with Gasteiger partial charge in [-0.15, -0.1) is 0 Å². The van der Waals surface area contributed by atoms with E-state index in [0.717, 1.165) is 5.56 Å². The van der Waals surface area contributed by atoms with Crippen LogP contribution in [0.3, 0.4) is 0 Å². The number of pyridine rings is 1. The van der Waals surface area contributed by atoms with Gasteiger partial charge in [0.25, 0.3) is 5.91 Å². The summed E-state index contributed by atoms with van der Waals surface area (Å²) in [4.78, 5) is 29.5. The van der Waals surface area contributed by atoms with Gasteiger partial charge in [-0.3, -0.25) is 14.6 Å². The van der Waals surface area contributed by atoms with Crippen LogP contribution in [0.25, 0.3) is 0 Å². The van der Waals surface area contributed by atoms with Crippen molar-refractivity contribution in [1.82, 2.24) is 15.2 Å². The number of carbonyl (C=O) groups is 2. The van der Waals surface area contributed by atoms with Gasteiger partial charge in [-0.1, -0.05) is 6.07 Å². The van der Waals surface area contributed by atoms with Crippen LogP contribution in [0.4, 0.5) is 0 Å². The van der Waals surface area contributed by atoms with Crippen molar-refractivity contribution in [2.24, 2.45) is 5.73 Å². The fourth-order valence-electron chi connectivity index (χ4n) is 1.70. The average molecular weight is 278 g/mol. The van der Waals surface area contributed by atoms with Crippen LogP contribution in [0.15, 0.2) is 18.3 Å². The van der Waals surface area contributed by atoms with Crippen LogP contribution in [0.5, 0.6) is 0 Å². The minimum atomic E-state index is -0.255. The molecule has 6 heteroatoms. The van der Waals surface area contributed by atoms with E-state index in [2.05, 4.69) is 10.3 Å². The van der Waals surface area contributed by atoms with Crippen LogP contribution in [0, 0.1) is 0 Å². The van der Waals surface area contributed by atoms with Gasteiger partial charge in [0.05, 0.1) is 6.54 Å². The summed E-state index contributed by atoms with van der Waals surface area (Å²) in [6, 6.07) is 3.45. The number of hydrogen-bond acceptors (Lipinski definition) is 4. The standard InChI is InChI=1S/C14H22N4O2/c1-4-18(9-13(19)17-10(2)3)14(20)12-6-5-11(7-15)8-16-12/h5-6,8,10H,4,7,9,15H2,1-3H3,(H,17,19). The van der Waals surface area contributed by atoms with Gasteiger partial charge in [-0.25, -0.2) is 0 Å². The number of nitrogens with zero attached hydrogens (tertiary/aromatic N) is 2. The van der Waals surface area contributed by atoms with Gasteiger partial charge in [-0.05, 0) is 32.4 Å². The number of aromatic nitrogens is 1. The van der Waals surface area contributed by atoms with E-state index in [-0.39, 0.29) is 24.4 Å². The van der Waals surface area contributed by atoms with E-state index in [1.54, 1.807) is 18.3 Å². The molecule has 0 saturated heterocycles. The molecule has 1 aromatic rings. The van der Waals surface area contributed by atoms with Crippen molar-refractivity contribution in [3.8, 4) is 0 Å². The first-order valence-electron chi connectivity index (χ1n) is 6.71. The number of rotatable bonds is 6. The molecule has 1 aromatic heterocycles. The van der Waals surface area contributed by atoms with Crippen LogP contribution < -0.4 is 11.1 Å². The quantitative estimate of drug-likeness (QED) is 0.794. The Labute approximate surface area is 119 Å². The van der Waals surface area contributed by atoms with Gasteiger partial charge < -0.3 is 16.0 Å². The zero-order chi connectivity index (χ0) is 15.1. The topological polar surface area (TPSA) is 88.3 Å². The summed E-state index contributed by atoms with van der Waals surface area (Å²) >= 11 is 0. The third-order valence-corrected chi connectivity index (χ3v) is 2.73. The van der Waals surface area contributed by atoms with Gasteiger partial charge in [0.15, 0.2) is 0 Å². The fourth-order valence-corrected chi connectivity index (χ4v) is 1.70. The molecule has 0 radical (unpaired) electrons. The zero-order valence-electron chi connectivity index (χ0n) is 12.2. The SMILES string of the molecule is CCN(CC(=O)NC(C)C)C(=O)c1ccc(CN)cn1. The first kappa shape index (κ1) is 16.1. The Bertz CT molecular complexity index is 457. The molecule has 110 valence electrons. The van der Waals surface area contributed by atoms with E-state index < -0.39 is 0 Å². The van der Waals surface area contributed by atoms with Crippen LogP contribution in [-0.4, -0.2) is 40.8 Å². The highest BCUT2D eigenvalue weighted by atomic mass is 16.2. The molecular formula is C14H22N4O2. The first-order chi connectivity index (χ1) is 9.47. The van der Waals surface area contributed by atoms with Crippen molar-refractivity contribution >= 4 is 11.8 Å². The molecule has 0 unspecified atom stereocenters. The highest BCUT2D eigenvalue weighted by molar-refractivity contribution is 5.94. The number of hydrogen-bond donors (Lipinski definition) is 2. The summed E-state index contributed by atoms with van der Waals surface area (Å²) < 4.78 is 0. The summed E-state index contributed by atoms with van der Waals surface area (Å²) in [7, 11) is 0. The summed E-state index contributed by atoms with van der Waals surface area (Å²) in [6.07, 6.45) is 1.58. The Kier molecular flexibility index (Phi) is 6.11. The number of carbonyl (C=O) groups excluding carboxylic acids is 2. The largest absolute Gasteiger partial charge is 0.352 e. The molecule has 0 aliphatic heterocycles. The summed E-state index contributed by atoms with van der Waals surface area (Å²) in [5, 5.41) is 2.76. The van der Waals surface area contributed by atoms with E-state index >= 15 is 0 Å². The van der Waals surface area contributed by atoms with Crippen molar-refractivity contribution in [2.75, 3.05) is 13.1 Å². The average Bonchev–Trinajstić information content (AvgIpc) is 2.43. The molecule has 3 N–H and O–H groups in total. The van der Waals surface area contributed by atoms with Crippen molar-refractivity contribution < 1.29 is 9.59 Å². The van der Waals surface area contributed by atoms with E-state index in [9.17, 15) is 9.59 Å². The van der Waals surface area contributed by atoms with Crippen molar-refractivity contribution in [3.05, 3.63) is 29.6 Å². The lowest BCUT2D eigenvalue weighted by Crippen LogP contribution is -2.42. The Morgan fingerprint density at radius 1 is 1.40 bits per heavy atom. The molecule has 1 heterocycles. The van der Waals surface area contributed by atoms with Crippen molar-refractivity contribution in [1.29, 1.82) is 0 Å². The van der Waals surface area contributed by atoms with Crippen molar-refractivity contribution in [2.45, 2.75) is 33.4 Å². The molecule has 6 nitrogen and oxygen atoms in total. The third-order valence-electron chi connectivity index (χ3n) is 2.73. The molecule has 0 fully saturated rings. The van der Waals surface area contributed by atoms with Crippen LogP contribution in [0.1, 0.15) is 36.8 Å². The van der Waals surface area contributed by atoms with Gasteiger partial charge >= 0.3 is 0 Å². The Morgan fingerprint density at radius 2 is 2.10 bits per heavy atom. The fraction of sp³-hybridized carbons (Fsp3) is 0.500. The highest BCUT2D eigenvalue weighted by Crippen LogP contribution is 2.04. The highest BCUT2D eigenvalue weighted by Gasteiger charge is 2.18. The Hall–Kier alpha value is -1.95. The summed E-state index contributed by atoms with van der Waals surface area (Å²) in [5.41, 5.74) is 6.67. The van der Waals surface area contributed by atoms with Gasteiger partial charge in [0.1, 0.15) is 5.69 Å². The lowest BCUT2D eigenvalue weighted by atomic mass is 10.2. The lowest BCUT2D eigenvalue weighted by Gasteiger charge is -2.20. The Morgan fingerprint density at radius 3 is 2.55 bits per heavy atom. The molecule has 0 aliphatic carbocycles. The van der Waals surface area contributed by atoms with Crippen LogP contribution in [0.2, 0.25) is 0 Å². The lowest BCUT2D eigenvalue weighted by molar-refractivity contribution is -0.122. The molecule has 0 aromatic carbocycles. The van der Waals surface area contributed by atoms with E-state index in [1.807, 2.05) is 20.8 Å². The molecule has 0 atom stereocenters. The van der Waals surface area contributed by atoms with Gasteiger partial charge in [0.2, 0.25) is 5.91 Å². The van der Waals surface area contributed by atoms with E-state index in [0.29, 0.717) is 18.8 Å². The molecule has 0 spiro atoms. The Balaban J connectivity index is 2.72. The van der Waals surface area contributed by atoms with Crippen molar-refractivity contribution in [3.63, 3.8) is 0 Å². The molecule has 20 heavy (non-hydrogen) atoms. The first-order valence-corrected chi connectivity index (χ1v) is 6.71. The maximum atomic E-state index is 12.2. The van der Waals surface area contributed by atoms with Gasteiger partial charge in [-0.2, -0.15) is 0 Å². The predicted molar refractivity (Wildman–Crippen MR) is 77.0 cm³/mol. The number of nitrogens with one attached hydrogen (secondary N) is 1. The molecule has 2 amide bonds. The second-order valence-corrected chi connectivity index (χ2v) is 4.80. The summed E-state index contributed by atoms with van der Waals surface area (Å²) in [5.74, 6) is -0.427. The molecule has 0 saturated carbocycles. The maximum Gasteiger partial charge on any atom is 0.272 e. The number of amides is 2. The second kappa shape index (κ2) is 7.59. The monoisotopic (exact) mass is 278 g/mol. The van der Waals surface area contributed by atoms with E-state index in [4.69, 9.17) is 5.73 Å². The minimum absolute atomic E-state index is 0.0355. The van der Waals surface area contributed by atoms with E-state index in [1.165, 1.54) is 4.90 Å². The normalized spacial score (nSPS) is 10.4. The molecular weight excluding hydrogens is 256 g/mol. The minimum Gasteiger partial charge on any atom is -0.352 e. The smallest absolute Gasteiger partial charge is 0.272 e. The maximum absolute atomic E-state index is 12.2. The molecule has 0 bridgehead atoms. The van der Waals surface area contributed by atoms with Gasteiger partial charge in [0, 0.05) is 25.3 Å². The number of nitrogens with two attached hydrogens (primary N) is 1.